The zero-order valence-electron chi connectivity index (χ0n) is 31.9. The molecule has 0 radical (unpaired) electrons. The Bertz CT molecular complexity index is 2270. The molecular weight excluding hydrogens is 719 g/mol. The van der Waals surface area contributed by atoms with Gasteiger partial charge in [-0.2, -0.15) is 0 Å². The molecule has 4 aromatic carbocycles. The molecule has 3 aliphatic heterocycles. The Labute approximate surface area is 332 Å². The van der Waals surface area contributed by atoms with E-state index < -0.39 is 11.9 Å². The highest BCUT2D eigenvalue weighted by atomic mass is 16.5. The van der Waals surface area contributed by atoms with Crippen molar-refractivity contribution in [3.05, 3.63) is 143 Å². The summed E-state index contributed by atoms with van der Waals surface area (Å²) in [4.78, 5) is 47.8. The molecule has 1 atom stereocenters. The Hall–Kier alpha value is -6.46. The number of carbonyl (C=O) groups excluding carboxylic acids is 3. The molecule has 11 heteroatoms. The zero-order chi connectivity index (χ0) is 39.3. The Morgan fingerprint density at radius 3 is 2.23 bits per heavy atom. The van der Waals surface area contributed by atoms with E-state index in [1.807, 2.05) is 48.7 Å². The van der Waals surface area contributed by atoms with Crippen LogP contribution in [-0.4, -0.2) is 83.0 Å². The minimum atomic E-state index is -0.632. The monoisotopic (exact) mass is 763 g/mol. The lowest BCUT2D eigenvalue weighted by Crippen LogP contribution is -2.52. The van der Waals surface area contributed by atoms with Crippen molar-refractivity contribution in [1.29, 1.82) is 0 Å². The van der Waals surface area contributed by atoms with Gasteiger partial charge in [-0.3, -0.25) is 24.6 Å². The molecule has 4 heterocycles. The van der Waals surface area contributed by atoms with E-state index in [2.05, 4.69) is 69.5 Å². The number of hydrogen-bond acceptors (Lipinski definition) is 9. The Morgan fingerprint density at radius 2 is 1.54 bits per heavy atom. The molecule has 1 aromatic heterocycles. The van der Waals surface area contributed by atoms with Crippen LogP contribution in [0.3, 0.4) is 0 Å². The summed E-state index contributed by atoms with van der Waals surface area (Å²) >= 11 is 0. The van der Waals surface area contributed by atoms with Crippen LogP contribution in [0.15, 0.2) is 115 Å². The summed E-state index contributed by atoms with van der Waals surface area (Å²) in [5.74, 6) is 1.25. The number of anilines is 1. The summed E-state index contributed by atoms with van der Waals surface area (Å²) in [6, 6.07) is 34.6. The highest BCUT2D eigenvalue weighted by Gasteiger charge is 2.39. The second-order valence-corrected chi connectivity index (χ2v) is 14.5. The number of allylic oxidation sites excluding steroid dienone is 1. The Balaban J connectivity index is 0.826. The number of fused-ring (bicyclic) bond motifs is 1. The van der Waals surface area contributed by atoms with Crippen molar-refractivity contribution in [2.45, 2.75) is 38.8 Å². The number of hydrogen-bond donors (Lipinski definition) is 2. The number of carbonyl (C=O) groups is 3. The number of rotatable bonds is 12. The topological polar surface area (TPSA) is 125 Å². The van der Waals surface area contributed by atoms with Gasteiger partial charge in [0, 0.05) is 57.3 Å². The van der Waals surface area contributed by atoms with Crippen molar-refractivity contribution in [1.82, 2.24) is 20.1 Å². The van der Waals surface area contributed by atoms with E-state index in [9.17, 15) is 19.5 Å². The van der Waals surface area contributed by atoms with Gasteiger partial charge in [0.15, 0.2) is 0 Å². The Kier molecular flexibility index (Phi) is 11.0. The second kappa shape index (κ2) is 16.7. The molecular formula is C46H45N5O6. The van der Waals surface area contributed by atoms with Gasteiger partial charge in [-0.05, 0) is 94.8 Å². The number of piperazine rings is 1. The van der Waals surface area contributed by atoms with E-state index in [0.29, 0.717) is 42.5 Å². The molecule has 0 saturated carbocycles. The van der Waals surface area contributed by atoms with Crippen molar-refractivity contribution in [3.8, 4) is 23.1 Å². The van der Waals surface area contributed by atoms with Gasteiger partial charge in [0.25, 0.3) is 5.91 Å². The summed E-state index contributed by atoms with van der Waals surface area (Å²) in [6.45, 7) is 7.27. The number of nitrogens with zero attached hydrogens (tertiary/aromatic N) is 4. The molecule has 57 heavy (non-hydrogen) atoms. The number of pyridine rings is 1. The zero-order valence-corrected chi connectivity index (χ0v) is 31.9. The van der Waals surface area contributed by atoms with Crippen molar-refractivity contribution in [2.24, 2.45) is 0 Å². The highest BCUT2D eigenvalue weighted by Crippen LogP contribution is 2.36. The van der Waals surface area contributed by atoms with Crippen LogP contribution < -0.4 is 19.7 Å². The Morgan fingerprint density at radius 1 is 0.825 bits per heavy atom. The number of phenols is 1. The summed E-state index contributed by atoms with van der Waals surface area (Å²) in [5, 5.41) is 12.3. The minimum Gasteiger partial charge on any atom is -0.508 e. The van der Waals surface area contributed by atoms with Gasteiger partial charge in [-0.15, -0.1) is 0 Å². The fourth-order valence-electron chi connectivity index (χ4n) is 7.90. The standard InChI is InChI=1S/C46H45N5O6/c1-2-39(31-6-4-3-5-7-31)44(32-8-13-36(52)14-9-32)33-10-15-37(16-11-33)57-43-21-12-35(29-47-43)50-24-22-49(23-25-50)26-27-56-38-17-18-40-34(28-38)30-51(46(40)55)41-19-20-42(53)48-45(41)54/h3-18,21,28-29,41,52H,2,19-20,22-27,30H2,1H3,(H,48,53,54). The molecule has 0 aliphatic carbocycles. The van der Waals surface area contributed by atoms with E-state index in [1.54, 1.807) is 29.2 Å². The van der Waals surface area contributed by atoms with Crippen LogP contribution >= 0.6 is 0 Å². The first kappa shape index (κ1) is 37.5. The average Bonchev–Trinajstić information content (AvgIpc) is 3.56. The van der Waals surface area contributed by atoms with Gasteiger partial charge < -0.3 is 24.4 Å². The maximum absolute atomic E-state index is 13.0. The third-order valence-corrected chi connectivity index (χ3v) is 10.9. The van der Waals surface area contributed by atoms with Gasteiger partial charge in [-0.1, -0.05) is 61.5 Å². The molecule has 2 fully saturated rings. The molecule has 2 saturated heterocycles. The number of amides is 3. The van der Waals surface area contributed by atoms with E-state index in [0.717, 1.165) is 67.1 Å². The number of phenolic OH excluding ortho intramolecular Hbond substituents is 1. The number of benzene rings is 4. The van der Waals surface area contributed by atoms with Crippen molar-refractivity contribution >= 4 is 34.6 Å². The van der Waals surface area contributed by atoms with Gasteiger partial charge in [0.1, 0.15) is 29.9 Å². The predicted molar refractivity (Wildman–Crippen MR) is 218 cm³/mol. The van der Waals surface area contributed by atoms with E-state index in [-0.39, 0.29) is 24.0 Å². The molecule has 290 valence electrons. The molecule has 11 nitrogen and oxygen atoms in total. The van der Waals surface area contributed by atoms with Crippen molar-refractivity contribution in [3.63, 3.8) is 0 Å². The molecule has 3 amide bonds. The van der Waals surface area contributed by atoms with Gasteiger partial charge in [-0.25, -0.2) is 4.98 Å². The fraction of sp³-hybridized carbons (Fsp3) is 0.261. The molecule has 2 N–H and O–H groups in total. The fourth-order valence-corrected chi connectivity index (χ4v) is 7.90. The molecule has 1 unspecified atom stereocenters. The lowest BCUT2D eigenvalue weighted by atomic mass is 9.88. The van der Waals surface area contributed by atoms with Crippen LogP contribution in [0.5, 0.6) is 23.1 Å². The van der Waals surface area contributed by atoms with E-state index >= 15 is 0 Å². The number of aromatic hydroxyl groups is 1. The molecule has 0 spiro atoms. The molecule has 5 aromatic rings. The molecule has 3 aliphatic rings. The van der Waals surface area contributed by atoms with Crippen LogP contribution in [-0.2, 0) is 16.1 Å². The highest BCUT2D eigenvalue weighted by molar-refractivity contribution is 6.05. The maximum atomic E-state index is 13.0. The number of ether oxygens (including phenoxy) is 2. The van der Waals surface area contributed by atoms with E-state index in [4.69, 9.17) is 9.47 Å². The van der Waals surface area contributed by atoms with Crippen molar-refractivity contribution < 1.29 is 29.0 Å². The smallest absolute Gasteiger partial charge is 0.255 e. The molecule has 8 rings (SSSR count). The summed E-state index contributed by atoms with van der Waals surface area (Å²) < 4.78 is 12.3. The first-order valence-electron chi connectivity index (χ1n) is 19.5. The normalized spacial score (nSPS) is 17.6. The first-order chi connectivity index (χ1) is 27.8. The third kappa shape index (κ3) is 8.39. The molecule has 0 bridgehead atoms. The number of nitrogens with one attached hydrogen (secondary N) is 1. The van der Waals surface area contributed by atoms with Crippen LogP contribution in [0, 0.1) is 0 Å². The largest absolute Gasteiger partial charge is 0.508 e. The number of piperidine rings is 1. The van der Waals surface area contributed by atoms with Crippen LogP contribution in [0.2, 0.25) is 0 Å². The lowest BCUT2D eigenvalue weighted by Gasteiger charge is -2.35. The quantitative estimate of drug-likeness (QED) is 0.103. The minimum absolute atomic E-state index is 0.188. The number of aromatic nitrogens is 1. The van der Waals surface area contributed by atoms with Gasteiger partial charge in [0.05, 0.1) is 11.9 Å². The first-order valence-corrected chi connectivity index (χ1v) is 19.5. The summed E-state index contributed by atoms with van der Waals surface area (Å²) in [5.41, 5.74) is 8.04. The third-order valence-electron chi connectivity index (χ3n) is 10.9. The summed E-state index contributed by atoms with van der Waals surface area (Å²) in [6.07, 6.45) is 3.28. The predicted octanol–water partition coefficient (Wildman–Crippen LogP) is 6.91. The van der Waals surface area contributed by atoms with E-state index in [1.165, 1.54) is 11.1 Å². The van der Waals surface area contributed by atoms with Crippen LogP contribution in [0.1, 0.15) is 58.8 Å². The lowest BCUT2D eigenvalue weighted by molar-refractivity contribution is -0.136. The second-order valence-electron chi connectivity index (χ2n) is 14.5. The summed E-state index contributed by atoms with van der Waals surface area (Å²) in [7, 11) is 0. The van der Waals surface area contributed by atoms with Crippen molar-refractivity contribution in [2.75, 3.05) is 44.2 Å². The van der Waals surface area contributed by atoms with Crippen LogP contribution in [0.4, 0.5) is 5.69 Å². The SMILES string of the molecule is CCC(=C(c1ccc(O)cc1)c1ccc(Oc2ccc(N3CCN(CCOc4ccc5c(c4)CN(C4CCC(=O)NC4=O)C5=O)CC3)cn2)cc1)c1ccccc1. The maximum Gasteiger partial charge on any atom is 0.255 e. The average molecular weight is 764 g/mol. The van der Waals surface area contributed by atoms with Crippen LogP contribution in [0.25, 0.3) is 11.1 Å². The van der Waals surface area contributed by atoms with Gasteiger partial charge in [0.2, 0.25) is 17.7 Å². The van der Waals surface area contributed by atoms with Gasteiger partial charge >= 0.3 is 0 Å². The number of imide groups is 1.